The number of hydrogen-bond donors (Lipinski definition) is 1. The van der Waals surface area contributed by atoms with Crippen molar-refractivity contribution in [3.8, 4) is 28.7 Å². The Labute approximate surface area is 161 Å². The zero-order valence-electron chi connectivity index (χ0n) is 15.0. The molecule has 0 bridgehead atoms. The summed E-state index contributed by atoms with van der Waals surface area (Å²) in [5.41, 5.74) is 3.76. The van der Waals surface area contributed by atoms with Gasteiger partial charge in [0.1, 0.15) is 18.1 Å². The van der Waals surface area contributed by atoms with Crippen LogP contribution in [0.5, 0.6) is 5.75 Å². The standard InChI is InChI=1S/C23H17N3O2/c1-3-8-16(9-4-1)15-27-21-13-7-12-19-18(21)14-20(24-19)23-25-22(26-28-23)17-10-5-2-6-11-17/h1-14,24H,15H2. The van der Waals surface area contributed by atoms with E-state index in [2.05, 4.69) is 15.1 Å². The van der Waals surface area contributed by atoms with E-state index in [0.717, 1.165) is 33.5 Å². The number of aromatic amines is 1. The van der Waals surface area contributed by atoms with Crippen molar-refractivity contribution in [1.29, 1.82) is 0 Å². The second kappa shape index (κ2) is 7.04. The van der Waals surface area contributed by atoms with Gasteiger partial charge in [0.05, 0.1) is 0 Å². The second-order valence-corrected chi connectivity index (χ2v) is 6.46. The molecule has 0 amide bonds. The Morgan fingerprint density at radius 1 is 0.857 bits per heavy atom. The Bertz CT molecular complexity index is 1210. The van der Waals surface area contributed by atoms with Gasteiger partial charge in [0.15, 0.2) is 0 Å². The van der Waals surface area contributed by atoms with Gasteiger partial charge in [-0.25, -0.2) is 0 Å². The van der Waals surface area contributed by atoms with E-state index in [-0.39, 0.29) is 0 Å². The smallest absolute Gasteiger partial charge is 0.274 e. The number of nitrogens with one attached hydrogen (secondary N) is 1. The van der Waals surface area contributed by atoms with Crippen LogP contribution in [0.1, 0.15) is 5.56 Å². The molecule has 5 aromatic rings. The van der Waals surface area contributed by atoms with Crippen molar-refractivity contribution in [2.75, 3.05) is 0 Å². The number of aromatic nitrogens is 3. The van der Waals surface area contributed by atoms with Crippen molar-refractivity contribution in [2.24, 2.45) is 0 Å². The average molecular weight is 367 g/mol. The molecule has 5 rings (SSSR count). The normalized spacial score (nSPS) is 11.0. The summed E-state index contributed by atoms with van der Waals surface area (Å²) in [7, 11) is 0. The first-order valence-corrected chi connectivity index (χ1v) is 9.05. The Balaban J connectivity index is 1.45. The summed E-state index contributed by atoms with van der Waals surface area (Å²) in [4.78, 5) is 7.86. The van der Waals surface area contributed by atoms with E-state index in [1.165, 1.54) is 0 Å². The molecule has 0 unspecified atom stereocenters. The summed E-state index contributed by atoms with van der Waals surface area (Å²) in [5.74, 6) is 1.82. The van der Waals surface area contributed by atoms with Crippen molar-refractivity contribution >= 4 is 10.9 Å². The van der Waals surface area contributed by atoms with Crippen molar-refractivity contribution in [2.45, 2.75) is 6.61 Å². The monoisotopic (exact) mass is 367 g/mol. The van der Waals surface area contributed by atoms with Crippen molar-refractivity contribution < 1.29 is 9.26 Å². The molecule has 5 nitrogen and oxygen atoms in total. The van der Waals surface area contributed by atoms with Gasteiger partial charge in [-0.3, -0.25) is 0 Å². The van der Waals surface area contributed by atoms with Crippen LogP contribution >= 0.6 is 0 Å². The largest absolute Gasteiger partial charge is 0.488 e. The van der Waals surface area contributed by atoms with E-state index >= 15 is 0 Å². The lowest BCUT2D eigenvalue weighted by Crippen LogP contribution is -1.94. The SMILES string of the molecule is c1ccc(COc2cccc3[nH]c(-c4nc(-c5ccccc5)no4)cc23)cc1. The van der Waals surface area contributed by atoms with Crippen molar-refractivity contribution in [1.82, 2.24) is 15.1 Å². The van der Waals surface area contributed by atoms with Crippen molar-refractivity contribution in [3.63, 3.8) is 0 Å². The van der Waals surface area contributed by atoms with Crippen LogP contribution in [-0.2, 0) is 6.61 Å². The van der Waals surface area contributed by atoms with E-state index in [4.69, 9.17) is 9.26 Å². The summed E-state index contributed by atoms with van der Waals surface area (Å²) in [6.45, 7) is 0.513. The summed E-state index contributed by atoms with van der Waals surface area (Å²) in [6.07, 6.45) is 0. The first kappa shape index (κ1) is 16.3. The molecule has 2 aromatic heterocycles. The van der Waals surface area contributed by atoms with Crippen LogP contribution in [0, 0.1) is 0 Å². The number of benzene rings is 3. The fourth-order valence-electron chi connectivity index (χ4n) is 3.14. The highest BCUT2D eigenvalue weighted by Crippen LogP contribution is 2.31. The van der Waals surface area contributed by atoms with Gasteiger partial charge in [-0.2, -0.15) is 4.98 Å². The summed E-state index contributed by atoms with van der Waals surface area (Å²) < 4.78 is 11.5. The molecule has 0 fully saturated rings. The van der Waals surface area contributed by atoms with E-state index < -0.39 is 0 Å². The fraction of sp³-hybridized carbons (Fsp3) is 0.0435. The molecule has 3 aromatic carbocycles. The first-order valence-electron chi connectivity index (χ1n) is 9.05. The highest BCUT2D eigenvalue weighted by atomic mass is 16.5. The third-order valence-corrected chi connectivity index (χ3v) is 4.55. The topological polar surface area (TPSA) is 63.9 Å². The molecule has 1 N–H and O–H groups in total. The van der Waals surface area contributed by atoms with Crippen LogP contribution in [0.3, 0.4) is 0 Å². The third kappa shape index (κ3) is 3.14. The molecular weight excluding hydrogens is 350 g/mol. The number of fused-ring (bicyclic) bond motifs is 1. The van der Waals surface area contributed by atoms with Gasteiger partial charge in [0, 0.05) is 16.5 Å². The molecule has 0 saturated carbocycles. The Morgan fingerprint density at radius 2 is 1.64 bits per heavy atom. The van der Waals surface area contributed by atoms with E-state index in [9.17, 15) is 0 Å². The predicted octanol–water partition coefficient (Wildman–Crippen LogP) is 5.46. The molecule has 0 spiro atoms. The summed E-state index contributed by atoms with van der Waals surface area (Å²) in [6, 6.07) is 27.8. The summed E-state index contributed by atoms with van der Waals surface area (Å²) in [5, 5.41) is 5.07. The fourth-order valence-corrected chi connectivity index (χ4v) is 3.14. The number of nitrogens with zero attached hydrogens (tertiary/aromatic N) is 2. The lowest BCUT2D eigenvalue weighted by atomic mass is 10.2. The van der Waals surface area contributed by atoms with Gasteiger partial charge in [0.25, 0.3) is 5.89 Å². The second-order valence-electron chi connectivity index (χ2n) is 6.46. The highest BCUT2D eigenvalue weighted by molar-refractivity contribution is 5.90. The number of hydrogen-bond acceptors (Lipinski definition) is 4. The number of H-pyrrole nitrogens is 1. The molecule has 0 aliphatic rings. The minimum absolute atomic E-state index is 0.448. The molecule has 2 heterocycles. The lowest BCUT2D eigenvalue weighted by molar-refractivity contribution is 0.310. The highest BCUT2D eigenvalue weighted by Gasteiger charge is 2.14. The molecule has 0 radical (unpaired) electrons. The van der Waals surface area contributed by atoms with Crippen LogP contribution < -0.4 is 4.74 Å². The zero-order chi connectivity index (χ0) is 18.8. The molecule has 28 heavy (non-hydrogen) atoms. The van der Waals surface area contributed by atoms with Crippen LogP contribution in [0.2, 0.25) is 0 Å². The molecule has 0 atom stereocenters. The Kier molecular flexibility index (Phi) is 4.10. The van der Waals surface area contributed by atoms with Crippen LogP contribution in [0.4, 0.5) is 0 Å². The molecular formula is C23H17N3O2. The number of rotatable bonds is 5. The van der Waals surface area contributed by atoms with Gasteiger partial charge >= 0.3 is 0 Å². The van der Waals surface area contributed by atoms with Gasteiger partial charge in [-0.15, -0.1) is 0 Å². The molecule has 0 aliphatic carbocycles. The third-order valence-electron chi connectivity index (χ3n) is 4.55. The minimum atomic E-state index is 0.448. The lowest BCUT2D eigenvalue weighted by Gasteiger charge is -2.07. The molecule has 0 saturated heterocycles. The van der Waals surface area contributed by atoms with Crippen LogP contribution in [-0.4, -0.2) is 15.1 Å². The number of ether oxygens (including phenoxy) is 1. The zero-order valence-corrected chi connectivity index (χ0v) is 15.0. The van der Waals surface area contributed by atoms with Crippen LogP contribution in [0.15, 0.2) is 89.5 Å². The van der Waals surface area contributed by atoms with E-state index in [0.29, 0.717) is 18.3 Å². The first-order chi connectivity index (χ1) is 13.9. The Morgan fingerprint density at radius 3 is 2.46 bits per heavy atom. The van der Waals surface area contributed by atoms with E-state index in [1.54, 1.807) is 0 Å². The van der Waals surface area contributed by atoms with Gasteiger partial charge < -0.3 is 14.2 Å². The minimum Gasteiger partial charge on any atom is -0.488 e. The van der Waals surface area contributed by atoms with E-state index in [1.807, 2.05) is 84.9 Å². The van der Waals surface area contributed by atoms with Gasteiger partial charge in [-0.05, 0) is 23.8 Å². The maximum atomic E-state index is 6.04. The van der Waals surface area contributed by atoms with Gasteiger partial charge in [-0.1, -0.05) is 71.9 Å². The maximum absolute atomic E-state index is 6.04. The molecule has 5 heteroatoms. The average Bonchev–Trinajstić information content (AvgIpc) is 3.41. The van der Waals surface area contributed by atoms with Crippen molar-refractivity contribution in [3.05, 3.63) is 90.5 Å². The van der Waals surface area contributed by atoms with Gasteiger partial charge in [0.2, 0.25) is 5.82 Å². The molecule has 136 valence electrons. The van der Waals surface area contributed by atoms with Crippen LogP contribution in [0.25, 0.3) is 33.9 Å². The predicted molar refractivity (Wildman–Crippen MR) is 108 cm³/mol. The quantitative estimate of drug-likeness (QED) is 0.448. The molecule has 0 aliphatic heterocycles. The summed E-state index contributed by atoms with van der Waals surface area (Å²) >= 11 is 0. The Hall–Kier alpha value is -3.86. The maximum Gasteiger partial charge on any atom is 0.274 e.